The lowest BCUT2D eigenvalue weighted by molar-refractivity contribution is 0.276. The van der Waals surface area contributed by atoms with Crippen molar-refractivity contribution in [2.45, 2.75) is 13.5 Å². The Kier molecular flexibility index (Phi) is 2.38. The van der Waals surface area contributed by atoms with Crippen LogP contribution in [0.4, 0.5) is 0 Å². The maximum Gasteiger partial charge on any atom is 0.109 e. The lowest BCUT2D eigenvalue weighted by Crippen LogP contribution is -1.93. The van der Waals surface area contributed by atoms with Crippen molar-refractivity contribution in [3.8, 4) is 5.69 Å². The van der Waals surface area contributed by atoms with E-state index in [1.54, 1.807) is 22.2 Å². The van der Waals surface area contributed by atoms with Crippen molar-refractivity contribution in [3.05, 3.63) is 35.1 Å². The van der Waals surface area contributed by atoms with Crippen LogP contribution in [-0.4, -0.2) is 25.1 Å². The summed E-state index contributed by atoms with van der Waals surface area (Å²) in [4.78, 5) is 4.40. The van der Waals surface area contributed by atoms with Gasteiger partial charge in [0.25, 0.3) is 0 Å². The van der Waals surface area contributed by atoms with Gasteiger partial charge in [0.1, 0.15) is 5.69 Å². The summed E-state index contributed by atoms with van der Waals surface area (Å²) < 4.78 is 2.78. The fourth-order valence-corrected chi connectivity index (χ4v) is 2.53. The number of thiazole rings is 1. The Morgan fingerprint density at radius 2 is 2.29 bits per heavy atom. The monoisotopic (exact) mass is 246 g/mol. The molecule has 0 aliphatic rings. The van der Waals surface area contributed by atoms with E-state index in [2.05, 4.69) is 15.3 Å². The van der Waals surface area contributed by atoms with Crippen LogP contribution in [0.5, 0.6) is 0 Å². The number of aromatic nitrogens is 4. The lowest BCUT2D eigenvalue weighted by atomic mass is 10.3. The maximum absolute atomic E-state index is 8.95. The number of aliphatic hydroxyl groups excluding tert-OH is 1. The van der Waals surface area contributed by atoms with E-state index in [0.717, 1.165) is 20.9 Å². The number of hydrogen-bond donors (Lipinski definition) is 1. The molecule has 17 heavy (non-hydrogen) atoms. The summed E-state index contributed by atoms with van der Waals surface area (Å²) in [5, 5.41) is 17.8. The van der Waals surface area contributed by atoms with E-state index in [9.17, 15) is 0 Å². The second-order valence-electron chi connectivity index (χ2n) is 3.70. The molecule has 0 bridgehead atoms. The minimum atomic E-state index is -0.0953. The maximum atomic E-state index is 8.95. The molecule has 1 N–H and O–H groups in total. The van der Waals surface area contributed by atoms with Gasteiger partial charge in [-0.15, -0.1) is 16.4 Å². The molecule has 0 unspecified atom stereocenters. The van der Waals surface area contributed by atoms with Crippen molar-refractivity contribution < 1.29 is 5.11 Å². The summed E-state index contributed by atoms with van der Waals surface area (Å²) in [6.07, 6.45) is 1.72. The van der Waals surface area contributed by atoms with Gasteiger partial charge in [0, 0.05) is 0 Å². The van der Waals surface area contributed by atoms with Crippen LogP contribution < -0.4 is 0 Å². The summed E-state index contributed by atoms with van der Waals surface area (Å²) >= 11 is 1.65. The second kappa shape index (κ2) is 3.90. The highest BCUT2D eigenvalue weighted by atomic mass is 32.1. The molecule has 86 valence electrons. The Bertz CT molecular complexity index is 673. The molecule has 0 radical (unpaired) electrons. The standard InChI is InChI=1S/C11H10N4OS/c1-7-12-10-3-2-9(4-11(10)17-7)15-5-8(6-16)13-14-15/h2-5,16H,6H2,1H3. The molecule has 5 nitrogen and oxygen atoms in total. The zero-order chi connectivity index (χ0) is 11.8. The second-order valence-corrected chi connectivity index (χ2v) is 4.93. The summed E-state index contributed by atoms with van der Waals surface area (Å²) in [6, 6.07) is 5.93. The number of fused-ring (bicyclic) bond motifs is 1. The van der Waals surface area contributed by atoms with Gasteiger partial charge in [-0.05, 0) is 25.1 Å². The number of aryl methyl sites for hydroxylation is 1. The van der Waals surface area contributed by atoms with Gasteiger partial charge in [-0.25, -0.2) is 9.67 Å². The molecule has 0 amide bonds. The van der Waals surface area contributed by atoms with Crippen molar-refractivity contribution in [2.75, 3.05) is 0 Å². The number of rotatable bonds is 2. The highest BCUT2D eigenvalue weighted by Crippen LogP contribution is 2.23. The van der Waals surface area contributed by atoms with Crippen LogP contribution in [0.2, 0.25) is 0 Å². The molecule has 3 rings (SSSR count). The summed E-state index contributed by atoms with van der Waals surface area (Å²) in [7, 11) is 0. The Morgan fingerprint density at radius 3 is 3.06 bits per heavy atom. The van der Waals surface area contributed by atoms with Crippen molar-refractivity contribution in [2.24, 2.45) is 0 Å². The van der Waals surface area contributed by atoms with E-state index in [1.807, 2.05) is 25.1 Å². The van der Waals surface area contributed by atoms with Crippen molar-refractivity contribution in [1.29, 1.82) is 0 Å². The largest absolute Gasteiger partial charge is 0.390 e. The van der Waals surface area contributed by atoms with Crippen LogP contribution in [0.1, 0.15) is 10.7 Å². The van der Waals surface area contributed by atoms with Crippen LogP contribution in [0.3, 0.4) is 0 Å². The van der Waals surface area contributed by atoms with Gasteiger partial charge in [-0.2, -0.15) is 0 Å². The van der Waals surface area contributed by atoms with Gasteiger partial charge in [-0.3, -0.25) is 0 Å². The molecule has 0 atom stereocenters. The topological polar surface area (TPSA) is 63.8 Å². The normalized spacial score (nSPS) is 11.2. The van der Waals surface area contributed by atoms with Gasteiger partial charge in [0.2, 0.25) is 0 Å². The van der Waals surface area contributed by atoms with Crippen molar-refractivity contribution in [1.82, 2.24) is 20.0 Å². The molecular formula is C11H10N4OS. The first kappa shape index (κ1) is 10.4. The van der Waals surface area contributed by atoms with Crippen molar-refractivity contribution in [3.63, 3.8) is 0 Å². The third-order valence-corrected chi connectivity index (χ3v) is 3.38. The highest BCUT2D eigenvalue weighted by Gasteiger charge is 2.05. The molecular weight excluding hydrogens is 236 g/mol. The van der Waals surface area contributed by atoms with Crippen LogP contribution in [0.15, 0.2) is 24.4 Å². The fraction of sp³-hybridized carbons (Fsp3) is 0.182. The third kappa shape index (κ3) is 1.81. The van der Waals surface area contributed by atoms with Gasteiger partial charge < -0.3 is 5.11 Å². The van der Waals surface area contributed by atoms with E-state index in [0.29, 0.717) is 5.69 Å². The molecule has 0 saturated heterocycles. The number of hydrogen-bond acceptors (Lipinski definition) is 5. The van der Waals surface area contributed by atoms with Gasteiger partial charge in [-0.1, -0.05) is 5.21 Å². The van der Waals surface area contributed by atoms with Crippen molar-refractivity contribution >= 4 is 21.6 Å². The summed E-state index contributed by atoms with van der Waals surface area (Å²) in [6.45, 7) is 1.89. The number of aliphatic hydroxyl groups is 1. The Labute approximate surface area is 101 Å². The molecule has 0 saturated carbocycles. The average Bonchev–Trinajstić information content (AvgIpc) is 2.92. The van der Waals surface area contributed by atoms with Gasteiger partial charge in [0.15, 0.2) is 0 Å². The Morgan fingerprint density at radius 1 is 1.41 bits per heavy atom. The summed E-state index contributed by atoms with van der Waals surface area (Å²) in [5.74, 6) is 0. The van der Waals surface area contributed by atoms with Crippen LogP contribution in [-0.2, 0) is 6.61 Å². The molecule has 0 fully saturated rings. The van der Waals surface area contributed by atoms with Crippen LogP contribution >= 0.6 is 11.3 Å². The molecule has 2 heterocycles. The van der Waals surface area contributed by atoms with E-state index in [4.69, 9.17) is 5.11 Å². The SMILES string of the molecule is Cc1nc2ccc(-n3cc(CO)nn3)cc2s1. The van der Waals surface area contributed by atoms with E-state index < -0.39 is 0 Å². The smallest absolute Gasteiger partial charge is 0.109 e. The minimum absolute atomic E-state index is 0.0953. The van der Waals surface area contributed by atoms with Gasteiger partial charge >= 0.3 is 0 Å². The van der Waals surface area contributed by atoms with Crippen LogP contribution in [0.25, 0.3) is 15.9 Å². The zero-order valence-corrected chi connectivity index (χ0v) is 9.98. The first-order valence-corrected chi connectivity index (χ1v) is 5.97. The molecule has 1 aromatic carbocycles. The molecule has 0 spiro atoms. The molecule has 6 heteroatoms. The average molecular weight is 246 g/mol. The van der Waals surface area contributed by atoms with E-state index in [-0.39, 0.29) is 6.61 Å². The Balaban J connectivity index is 2.10. The first-order valence-electron chi connectivity index (χ1n) is 5.16. The predicted octanol–water partition coefficient (Wildman–Crippen LogP) is 1.68. The Hall–Kier alpha value is -1.79. The molecule has 2 aromatic heterocycles. The fourth-order valence-electron chi connectivity index (χ4n) is 1.67. The number of nitrogens with zero attached hydrogens (tertiary/aromatic N) is 4. The first-order chi connectivity index (χ1) is 8.26. The number of benzene rings is 1. The molecule has 0 aliphatic heterocycles. The van der Waals surface area contributed by atoms with Crippen LogP contribution in [0, 0.1) is 6.92 Å². The lowest BCUT2D eigenvalue weighted by Gasteiger charge is -1.98. The zero-order valence-electron chi connectivity index (χ0n) is 9.16. The minimum Gasteiger partial charge on any atom is -0.390 e. The van der Waals surface area contributed by atoms with E-state index >= 15 is 0 Å². The molecule has 3 aromatic rings. The highest BCUT2D eigenvalue weighted by molar-refractivity contribution is 7.18. The van der Waals surface area contributed by atoms with E-state index in [1.165, 1.54) is 0 Å². The third-order valence-electron chi connectivity index (χ3n) is 2.45. The quantitative estimate of drug-likeness (QED) is 0.747. The van der Waals surface area contributed by atoms with Gasteiger partial charge in [0.05, 0.1) is 33.7 Å². The summed E-state index contributed by atoms with van der Waals surface area (Å²) in [5.41, 5.74) is 2.48. The molecule has 0 aliphatic carbocycles. The predicted molar refractivity (Wildman–Crippen MR) is 65.2 cm³/mol.